The molecule has 3 rings (SSSR count). The quantitative estimate of drug-likeness (QED) is 0.864. The third-order valence-electron chi connectivity index (χ3n) is 4.34. The van der Waals surface area contributed by atoms with Crippen molar-refractivity contribution >= 4 is 17.4 Å². The normalized spacial score (nSPS) is 18.0. The molecule has 1 aromatic heterocycles. The maximum atomic E-state index is 12.6. The molecule has 0 spiro atoms. The van der Waals surface area contributed by atoms with Crippen LogP contribution in [0.4, 0.5) is 0 Å². The molecule has 122 valence electrons. The summed E-state index contributed by atoms with van der Waals surface area (Å²) in [4.78, 5) is 15.2. The molecular weight excluding hydrogens is 310 g/mol. The molecular formula is C17H21N3O2S. The fraction of sp³-hybridized carbons (Fsp3) is 0.471. The molecule has 1 atom stereocenters. The van der Waals surface area contributed by atoms with Gasteiger partial charge in [-0.2, -0.15) is 0 Å². The Hall–Kier alpha value is -1.95. The van der Waals surface area contributed by atoms with Crippen LogP contribution in [0.5, 0.6) is 5.75 Å². The Bertz CT molecular complexity index is 669. The Morgan fingerprint density at radius 3 is 2.83 bits per heavy atom. The Labute approximate surface area is 140 Å². The molecule has 0 bridgehead atoms. The fourth-order valence-corrected chi connectivity index (χ4v) is 3.71. The van der Waals surface area contributed by atoms with Gasteiger partial charge in [0, 0.05) is 13.1 Å². The number of carbonyl (C=O) groups is 1. The molecule has 2 heterocycles. The van der Waals surface area contributed by atoms with Gasteiger partial charge in [0.15, 0.2) is 0 Å². The lowest BCUT2D eigenvalue weighted by Crippen LogP contribution is -2.40. The number of hydrogen-bond acceptors (Lipinski definition) is 5. The SMILES string of the molecule is COc1ccc(C[C@H]2CCCN(C(=O)c3snnc3C)C2)cc1. The number of nitrogens with zero attached hydrogens (tertiary/aromatic N) is 3. The Morgan fingerprint density at radius 1 is 1.39 bits per heavy atom. The summed E-state index contributed by atoms with van der Waals surface area (Å²) in [5.41, 5.74) is 2.03. The number of hydrogen-bond donors (Lipinski definition) is 0. The van der Waals surface area contributed by atoms with Gasteiger partial charge >= 0.3 is 0 Å². The minimum atomic E-state index is 0.0805. The minimum absolute atomic E-state index is 0.0805. The molecule has 23 heavy (non-hydrogen) atoms. The number of amides is 1. The first-order chi connectivity index (χ1) is 11.2. The van der Waals surface area contributed by atoms with Crippen molar-refractivity contribution in [1.82, 2.24) is 14.5 Å². The summed E-state index contributed by atoms with van der Waals surface area (Å²) in [7, 11) is 1.68. The molecule has 0 unspecified atom stereocenters. The summed E-state index contributed by atoms with van der Waals surface area (Å²) < 4.78 is 9.07. The van der Waals surface area contributed by atoms with E-state index in [0.717, 1.165) is 43.8 Å². The van der Waals surface area contributed by atoms with Crippen LogP contribution < -0.4 is 4.74 Å². The van der Waals surface area contributed by atoms with E-state index in [1.807, 2.05) is 24.0 Å². The van der Waals surface area contributed by atoms with Crippen LogP contribution in [0.3, 0.4) is 0 Å². The number of likely N-dealkylation sites (tertiary alicyclic amines) is 1. The number of ether oxygens (including phenoxy) is 1. The molecule has 1 fully saturated rings. The topological polar surface area (TPSA) is 55.3 Å². The molecule has 0 N–H and O–H groups in total. The first-order valence-electron chi connectivity index (χ1n) is 7.88. The Kier molecular flexibility index (Phi) is 4.91. The summed E-state index contributed by atoms with van der Waals surface area (Å²) in [6.45, 7) is 3.48. The van der Waals surface area contributed by atoms with E-state index in [1.165, 1.54) is 17.1 Å². The van der Waals surface area contributed by atoms with Crippen molar-refractivity contribution in [3.63, 3.8) is 0 Å². The zero-order valence-electron chi connectivity index (χ0n) is 13.5. The summed E-state index contributed by atoms with van der Waals surface area (Å²) in [6.07, 6.45) is 3.21. The van der Waals surface area contributed by atoms with E-state index < -0.39 is 0 Å². The zero-order valence-corrected chi connectivity index (χ0v) is 14.3. The van der Waals surface area contributed by atoms with Gasteiger partial charge in [-0.05, 0) is 61.3 Å². The van der Waals surface area contributed by atoms with Gasteiger partial charge in [-0.1, -0.05) is 16.6 Å². The monoisotopic (exact) mass is 331 g/mol. The molecule has 1 aromatic carbocycles. The average molecular weight is 331 g/mol. The highest BCUT2D eigenvalue weighted by Crippen LogP contribution is 2.24. The highest BCUT2D eigenvalue weighted by molar-refractivity contribution is 7.07. The summed E-state index contributed by atoms with van der Waals surface area (Å²) >= 11 is 1.19. The van der Waals surface area contributed by atoms with Crippen LogP contribution in [-0.4, -0.2) is 40.6 Å². The second-order valence-corrected chi connectivity index (χ2v) is 6.75. The molecule has 5 nitrogen and oxygen atoms in total. The van der Waals surface area contributed by atoms with E-state index in [1.54, 1.807) is 7.11 Å². The molecule has 0 saturated carbocycles. The highest BCUT2D eigenvalue weighted by Gasteiger charge is 2.26. The molecule has 1 amide bonds. The summed E-state index contributed by atoms with van der Waals surface area (Å²) in [5.74, 6) is 1.46. The van der Waals surface area contributed by atoms with Gasteiger partial charge < -0.3 is 9.64 Å². The maximum Gasteiger partial charge on any atom is 0.267 e. The van der Waals surface area contributed by atoms with E-state index >= 15 is 0 Å². The number of piperidine rings is 1. The van der Waals surface area contributed by atoms with Crippen molar-refractivity contribution in [2.24, 2.45) is 5.92 Å². The van der Waals surface area contributed by atoms with Crippen molar-refractivity contribution in [2.75, 3.05) is 20.2 Å². The Balaban J connectivity index is 1.63. The van der Waals surface area contributed by atoms with E-state index in [-0.39, 0.29) is 5.91 Å². The fourth-order valence-electron chi connectivity index (χ4n) is 3.08. The molecule has 1 aliphatic rings. The van der Waals surface area contributed by atoms with Crippen molar-refractivity contribution in [3.8, 4) is 5.75 Å². The third-order valence-corrected chi connectivity index (χ3v) is 5.15. The molecule has 1 aliphatic heterocycles. The first-order valence-corrected chi connectivity index (χ1v) is 8.66. The van der Waals surface area contributed by atoms with Gasteiger partial charge in [0.05, 0.1) is 12.8 Å². The molecule has 0 aliphatic carbocycles. The standard InChI is InChI=1S/C17H21N3O2S/c1-12-16(23-19-18-12)17(21)20-9-3-4-14(11-20)10-13-5-7-15(22-2)8-6-13/h5-8,14H,3-4,9-11H2,1-2H3/t14-/m1/s1. The predicted octanol–water partition coefficient (Wildman–Crippen LogP) is 2.95. The largest absolute Gasteiger partial charge is 0.497 e. The molecule has 0 radical (unpaired) electrons. The first kappa shape index (κ1) is 15.9. The van der Waals surface area contributed by atoms with E-state index in [0.29, 0.717) is 10.8 Å². The van der Waals surface area contributed by atoms with Crippen LogP contribution in [0.15, 0.2) is 24.3 Å². The van der Waals surface area contributed by atoms with E-state index in [2.05, 4.69) is 21.7 Å². The van der Waals surface area contributed by atoms with Crippen molar-refractivity contribution in [1.29, 1.82) is 0 Å². The van der Waals surface area contributed by atoms with Crippen LogP contribution in [0.25, 0.3) is 0 Å². The molecule has 1 saturated heterocycles. The lowest BCUT2D eigenvalue weighted by atomic mass is 9.91. The third kappa shape index (κ3) is 3.69. The van der Waals surface area contributed by atoms with Crippen LogP contribution in [0.2, 0.25) is 0 Å². The summed E-state index contributed by atoms with van der Waals surface area (Å²) in [5, 5.41) is 3.94. The predicted molar refractivity (Wildman–Crippen MR) is 90.0 cm³/mol. The zero-order chi connectivity index (χ0) is 16.2. The van der Waals surface area contributed by atoms with Crippen LogP contribution in [0, 0.1) is 12.8 Å². The van der Waals surface area contributed by atoms with Gasteiger partial charge in [0.25, 0.3) is 5.91 Å². The van der Waals surface area contributed by atoms with Crippen molar-refractivity contribution in [3.05, 3.63) is 40.4 Å². The average Bonchev–Trinajstić information content (AvgIpc) is 3.01. The number of aryl methyl sites for hydroxylation is 1. The van der Waals surface area contributed by atoms with Gasteiger partial charge in [0.2, 0.25) is 0 Å². The lowest BCUT2D eigenvalue weighted by molar-refractivity contribution is 0.0677. The number of methoxy groups -OCH3 is 1. The van der Waals surface area contributed by atoms with Gasteiger partial charge in [-0.15, -0.1) is 5.10 Å². The smallest absolute Gasteiger partial charge is 0.267 e. The Morgan fingerprint density at radius 2 is 2.17 bits per heavy atom. The van der Waals surface area contributed by atoms with Crippen molar-refractivity contribution in [2.45, 2.75) is 26.2 Å². The van der Waals surface area contributed by atoms with Crippen LogP contribution in [-0.2, 0) is 6.42 Å². The number of rotatable bonds is 4. The summed E-state index contributed by atoms with van der Waals surface area (Å²) in [6, 6.07) is 8.20. The second kappa shape index (κ2) is 7.08. The highest BCUT2D eigenvalue weighted by atomic mass is 32.1. The number of aromatic nitrogens is 2. The van der Waals surface area contributed by atoms with Crippen LogP contribution >= 0.6 is 11.5 Å². The van der Waals surface area contributed by atoms with Gasteiger partial charge in [-0.25, -0.2) is 0 Å². The molecule has 2 aromatic rings. The van der Waals surface area contributed by atoms with Crippen LogP contribution in [0.1, 0.15) is 33.8 Å². The number of carbonyl (C=O) groups excluding carboxylic acids is 1. The molecule has 6 heteroatoms. The second-order valence-electron chi connectivity index (χ2n) is 6.00. The van der Waals surface area contributed by atoms with Gasteiger partial charge in [0.1, 0.15) is 10.6 Å². The minimum Gasteiger partial charge on any atom is -0.497 e. The van der Waals surface area contributed by atoms with E-state index in [4.69, 9.17) is 4.74 Å². The van der Waals surface area contributed by atoms with Crippen molar-refractivity contribution < 1.29 is 9.53 Å². The number of benzene rings is 1. The maximum absolute atomic E-state index is 12.6. The van der Waals surface area contributed by atoms with E-state index in [9.17, 15) is 4.79 Å². The van der Waals surface area contributed by atoms with Gasteiger partial charge in [-0.3, -0.25) is 4.79 Å². The lowest BCUT2D eigenvalue weighted by Gasteiger charge is -2.32.